The Labute approximate surface area is 153 Å². The van der Waals surface area contributed by atoms with Crippen LogP contribution in [0.3, 0.4) is 0 Å². The van der Waals surface area contributed by atoms with Crippen LogP contribution in [0.15, 0.2) is 23.1 Å². The number of nitrogens with one attached hydrogen (secondary N) is 2. The highest BCUT2D eigenvalue weighted by Gasteiger charge is 2.29. The molecule has 1 amide bonds. The van der Waals surface area contributed by atoms with Gasteiger partial charge in [-0.1, -0.05) is 6.07 Å². The summed E-state index contributed by atoms with van der Waals surface area (Å²) in [4.78, 5) is 12.3. The highest BCUT2D eigenvalue weighted by Crippen LogP contribution is 2.28. The van der Waals surface area contributed by atoms with E-state index in [1.165, 1.54) is 17.5 Å². The van der Waals surface area contributed by atoms with Crippen LogP contribution in [0, 0.1) is 0 Å². The number of nitrogens with zero attached hydrogens (tertiary/aromatic N) is 1. The Morgan fingerprint density at radius 3 is 2.81 bits per heavy atom. The minimum Gasteiger partial charge on any atom is -0.495 e. The Balaban J connectivity index is 1.78. The van der Waals surface area contributed by atoms with Gasteiger partial charge in [0.2, 0.25) is 15.9 Å². The Morgan fingerprint density at radius 2 is 2.15 bits per heavy atom. The number of amides is 1. The molecule has 8 nitrogen and oxygen atoms in total. The molecule has 2 fully saturated rings. The molecule has 9 heteroatoms. The molecule has 2 aliphatic rings. The summed E-state index contributed by atoms with van der Waals surface area (Å²) in [5, 5.41) is 6.16. The van der Waals surface area contributed by atoms with Crippen molar-refractivity contribution in [2.24, 2.45) is 0 Å². The van der Waals surface area contributed by atoms with Crippen LogP contribution in [0.5, 0.6) is 5.75 Å². The fraction of sp³-hybridized carbons (Fsp3) is 0.588. The Hall–Kier alpha value is -1.68. The number of rotatable bonds is 6. The fourth-order valence-corrected chi connectivity index (χ4v) is 4.81. The van der Waals surface area contributed by atoms with Gasteiger partial charge in [-0.15, -0.1) is 0 Å². The SMILES string of the molecule is COc1ccc(CC(=O)NC2CCNC2)cc1S(=O)(=O)N1CCOCC1. The van der Waals surface area contributed by atoms with Crippen LogP contribution in [0.25, 0.3) is 0 Å². The van der Waals surface area contributed by atoms with Crippen LogP contribution in [-0.4, -0.2) is 71.2 Å². The predicted molar refractivity (Wildman–Crippen MR) is 95.7 cm³/mol. The number of methoxy groups -OCH3 is 1. The normalized spacial score (nSPS) is 21.5. The third kappa shape index (κ3) is 4.35. The number of hydrogen-bond acceptors (Lipinski definition) is 6. The summed E-state index contributed by atoms with van der Waals surface area (Å²) in [6.45, 7) is 3.04. The largest absolute Gasteiger partial charge is 0.495 e. The van der Waals surface area contributed by atoms with E-state index < -0.39 is 10.0 Å². The van der Waals surface area contributed by atoms with Crippen molar-refractivity contribution in [2.75, 3.05) is 46.5 Å². The van der Waals surface area contributed by atoms with Crippen molar-refractivity contribution in [2.45, 2.75) is 23.8 Å². The molecule has 3 rings (SSSR count). The molecule has 26 heavy (non-hydrogen) atoms. The standard InChI is InChI=1S/C17H25N3O5S/c1-24-15-3-2-13(11-17(21)19-14-4-5-18-12-14)10-16(15)26(22,23)20-6-8-25-9-7-20/h2-3,10,14,18H,4-9,11-12H2,1H3,(H,19,21). The van der Waals surface area contributed by atoms with E-state index in [-0.39, 0.29) is 29.0 Å². The number of morpholine rings is 1. The van der Waals surface area contributed by atoms with Gasteiger partial charge in [0.25, 0.3) is 0 Å². The number of sulfonamides is 1. The number of hydrogen-bond donors (Lipinski definition) is 2. The van der Waals surface area contributed by atoms with Crippen molar-refractivity contribution in [1.29, 1.82) is 0 Å². The van der Waals surface area contributed by atoms with E-state index in [0.717, 1.165) is 19.5 Å². The monoisotopic (exact) mass is 383 g/mol. The lowest BCUT2D eigenvalue weighted by Crippen LogP contribution is -2.40. The summed E-state index contributed by atoms with van der Waals surface area (Å²) in [5.41, 5.74) is 0.640. The first kappa shape index (κ1) is 19.1. The van der Waals surface area contributed by atoms with Gasteiger partial charge < -0.3 is 20.1 Å². The van der Waals surface area contributed by atoms with E-state index in [1.54, 1.807) is 12.1 Å². The van der Waals surface area contributed by atoms with Crippen molar-refractivity contribution in [3.05, 3.63) is 23.8 Å². The van der Waals surface area contributed by atoms with Crippen LogP contribution in [0.2, 0.25) is 0 Å². The lowest BCUT2D eigenvalue weighted by molar-refractivity contribution is -0.121. The van der Waals surface area contributed by atoms with Gasteiger partial charge >= 0.3 is 0 Å². The first-order valence-electron chi connectivity index (χ1n) is 8.75. The average molecular weight is 383 g/mol. The molecule has 1 atom stereocenters. The molecule has 2 saturated heterocycles. The van der Waals surface area contributed by atoms with Crippen molar-refractivity contribution in [3.63, 3.8) is 0 Å². The van der Waals surface area contributed by atoms with Gasteiger partial charge in [0.15, 0.2) is 0 Å². The lowest BCUT2D eigenvalue weighted by atomic mass is 10.1. The molecule has 144 valence electrons. The van der Waals surface area contributed by atoms with Gasteiger partial charge in [0.1, 0.15) is 10.6 Å². The molecule has 2 aliphatic heterocycles. The van der Waals surface area contributed by atoms with Crippen LogP contribution >= 0.6 is 0 Å². The molecular weight excluding hydrogens is 358 g/mol. The van der Waals surface area contributed by atoms with Gasteiger partial charge in [-0.05, 0) is 30.7 Å². The van der Waals surface area contributed by atoms with Crippen molar-refractivity contribution < 1.29 is 22.7 Å². The van der Waals surface area contributed by atoms with Crippen LogP contribution in [0.1, 0.15) is 12.0 Å². The predicted octanol–water partition coefficient (Wildman–Crippen LogP) is -0.263. The molecule has 1 unspecified atom stereocenters. The summed E-state index contributed by atoms with van der Waals surface area (Å²) >= 11 is 0. The maximum Gasteiger partial charge on any atom is 0.246 e. The average Bonchev–Trinajstić information content (AvgIpc) is 3.15. The number of carbonyl (C=O) groups excluding carboxylic acids is 1. The second-order valence-electron chi connectivity index (χ2n) is 6.44. The quantitative estimate of drug-likeness (QED) is 0.702. The molecule has 0 aromatic heterocycles. The highest BCUT2D eigenvalue weighted by atomic mass is 32.2. The zero-order valence-electron chi connectivity index (χ0n) is 14.9. The van der Waals surface area contributed by atoms with Gasteiger partial charge in [-0.2, -0.15) is 4.31 Å². The molecule has 0 spiro atoms. The topological polar surface area (TPSA) is 97.0 Å². The van der Waals surface area contributed by atoms with E-state index in [1.807, 2.05) is 0 Å². The van der Waals surface area contributed by atoms with Gasteiger partial charge in [-0.3, -0.25) is 4.79 Å². The molecule has 0 bridgehead atoms. The molecular formula is C17H25N3O5S. The third-order valence-corrected chi connectivity index (χ3v) is 6.53. The van der Waals surface area contributed by atoms with Gasteiger partial charge in [0.05, 0.1) is 26.7 Å². The van der Waals surface area contributed by atoms with E-state index in [2.05, 4.69) is 10.6 Å². The maximum absolute atomic E-state index is 13.0. The number of ether oxygens (including phenoxy) is 2. The molecule has 0 radical (unpaired) electrons. The second kappa shape index (κ2) is 8.34. The number of benzene rings is 1. The minimum absolute atomic E-state index is 0.0923. The summed E-state index contributed by atoms with van der Waals surface area (Å²) in [6.07, 6.45) is 1.04. The van der Waals surface area contributed by atoms with E-state index in [4.69, 9.17) is 9.47 Å². The highest BCUT2D eigenvalue weighted by molar-refractivity contribution is 7.89. The van der Waals surface area contributed by atoms with Gasteiger partial charge in [-0.25, -0.2) is 8.42 Å². The van der Waals surface area contributed by atoms with E-state index >= 15 is 0 Å². The molecule has 0 aliphatic carbocycles. The van der Waals surface area contributed by atoms with Crippen LogP contribution in [0.4, 0.5) is 0 Å². The van der Waals surface area contributed by atoms with Crippen molar-refractivity contribution in [1.82, 2.24) is 14.9 Å². The maximum atomic E-state index is 13.0. The summed E-state index contributed by atoms with van der Waals surface area (Å²) in [7, 11) is -2.26. The molecule has 1 aromatic carbocycles. The van der Waals surface area contributed by atoms with Crippen molar-refractivity contribution in [3.8, 4) is 5.75 Å². The summed E-state index contributed by atoms with van der Waals surface area (Å²) in [6, 6.07) is 5.00. The lowest BCUT2D eigenvalue weighted by Gasteiger charge is -2.26. The third-order valence-electron chi connectivity index (χ3n) is 4.61. The zero-order chi connectivity index (χ0) is 18.6. The molecule has 2 N–H and O–H groups in total. The first-order valence-corrected chi connectivity index (χ1v) is 10.2. The Kier molecular flexibility index (Phi) is 6.13. The smallest absolute Gasteiger partial charge is 0.246 e. The number of carbonyl (C=O) groups is 1. The molecule has 1 aromatic rings. The van der Waals surface area contributed by atoms with E-state index in [9.17, 15) is 13.2 Å². The minimum atomic E-state index is -3.70. The fourth-order valence-electron chi connectivity index (χ4n) is 3.20. The summed E-state index contributed by atoms with van der Waals surface area (Å²) in [5.74, 6) is 0.166. The zero-order valence-corrected chi connectivity index (χ0v) is 15.7. The van der Waals surface area contributed by atoms with Crippen LogP contribution in [-0.2, 0) is 26.0 Å². The molecule has 0 saturated carbocycles. The second-order valence-corrected chi connectivity index (χ2v) is 8.34. The Bertz CT molecular complexity index is 741. The van der Waals surface area contributed by atoms with Crippen molar-refractivity contribution >= 4 is 15.9 Å². The Morgan fingerprint density at radius 1 is 1.38 bits per heavy atom. The van der Waals surface area contributed by atoms with Gasteiger partial charge in [0, 0.05) is 25.7 Å². The summed E-state index contributed by atoms with van der Waals surface area (Å²) < 4.78 is 37.8. The van der Waals surface area contributed by atoms with Crippen LogP contribution < -0.4 is 15.4 Å². The molecule has 2 heterocycles. The first-order chi connectivity index (χ1) is 12.5. The van der Waals surface area contributed by atoms with E-state index in [0.29, 0.717) is 31.9 Å².